The number of nitrogens with zero attached hydrogens (tertiary/aromatic N) is 3. The van der Waals surface area contributed by atoms with Crippen molar-refractivity contribution in [1.82, 2.24) is 9.29 Å². The number of hydrogen-bond acceptors (Lipinski definition) is 5. The third kappa shape index (κ3) is 4.34. The second-order valence-electron chi connectivity index (χ2n) is 9.05. The van der Waals surface area contributed by atoms with E-state index in [1.54, 1.807) is 22.5 Å². The fourth-order valence-electron chi connectivity index (χ4n) is 4.84. The number of carbonyl (C=O) groups excluding carboxylic acids is 1. The van der Waals surface area contributed by atoms with Crippen molar-refractivity contribution in [2.24, 2.45) is 0 Å². The Kier molecular flexibility index (Phi) is 6.39. The number of benzene rings is 2. The van der Waals surface area contributed by atoms with Crippen molar-refractivity contribution in [2.45, 2.75) is 54.7 Å². The fourth-order valence-corrected chi connectivity index (χ4v) is 7.37. The van der Waals surface area contributed by atoms with E-state index in [0.717, 1.165) is 52.9 Å². The summed E-state index contributed by atoms with van der Waals surface area (Å²) in [5.41, 5.74) is 3.91. The maximum absolute atomic E-state index is 13.2. The highest BCUT2D eigenvalue weighted by molar-refractivity contribution is 8.00. The van der Waals surface area contributed by atoms with Crippen LogP contribution in [0, 0.1) is 6.92 Å². The summed E-state index contributed by atoms with van der Waals surface area (Å²) >= 11 is 1.45. The summed E-state index contributed by atoms with van der Waals surface area (Å²) < 4.78 is 27.8. The highest BCUT2D eigenvalue weighted by Crippen LogP contribution is 2.33. The molecular weight excluding hydrogens is 466 g/mol. The molecule has 178 valence electrons. The van der Waals surface area contributed by atoms with Gasteiger partial charge < -0.3 is 4.90 Å². The molecule has 0 radical (unpaired) electrons. The number of thioether (sulfide) groups is 1. The number of rotatable bonds is 5. The summed E-state index contributed by atoms with van der Waals surface area (Å²) in [5.74, 6) is 0.0810. The van der Waals surface area contributed by atoms with Gasteiger partial charge in [0.2, 0.25) is 15.9 Å². The van der Waals surface area contributed by atoms with Crippen LogP contribution in [-0.2, 0) is 21.2 Å². The summed E-state index contributed by atoms with van der Waals surface area (Å²) in [7, 11) is -3.49. The van der Waals surface area contributed by atoms with Crippen LogP contribution in [0.5, 0.6) is 0 Å². The molecule has 1 saturated heterocycles. The second-order valence-corrected chi connectivity index (χ2v) is 12.3. The summed E-state index contributed by atoms with van der Waals surface area (Å²) in [5, 5.41) is 1.31. The van der Waals surface area contributed by atoms with Gasteiger partial charge in [0, 0.05) is 30.7 Å². The van der Waals surface area contributed by atoms with Crippen molar-refractivity contribution in [2.75, 3.05) is 24.5 Å². The average Bonchev–Trinajstić information content (AvgIpc) is 3.28. The molecule has 1 unspecified atom stereocenters. The molecule has 2 aliphatic rings. The van der Waals surface area contributed by atoms with Crippen LogP contribution in [0.2, 0.25) is 0 Å². The van der Waals surface area contributed by atoms with Gasteiger partial charge >= 0.3 is 0 Å². The third-order valence-electron chi connectivity index (χ3n) is 6.71. The molecule has 1 aromatic heterocycles. The number of piperidine rings is 1. The highest BCUT2D eigenvalue weighted by atomic mass is 32.2. The Balaban J connectivity index is 1.37. The summed E-state index contributed by atoms with van der Waals surface area (Å²) in [4.78, 5) is 20.1. The lowest BCUT2D eigenvalue weighted by atomic mass is 10.1. The van der Waals surface area contributed by atoms with Crippen LogP contribution >= 0.6 is 11.8 Å². The lowest BCUT2D eigenvalue weighted by Crippen LogP contribution is -2.35. The predicted molar refractivity (Wildman–Crippen MR) is 137 cm³/mol. The first-order chi connectivity index (χ1) is 16.3. The third-order valence-corrected chi connectivity index (χ3v) is 9.62. The normalized spacial score (nSPS) is 17.6. The van der Waals surface area contributed by atoms with E-state index < -0.39 is 10.0 Å². The molecule has 3 heterocycles. The molecule has 8 heteroatoms. The number of hydrogen-bond donors (Lipinski definition) is 0. The largest absolute Gasteiger partial charge is 0.311 e. The summed E-state index contributed by atoms with van der Waals surface area (Å²) in [6.07, 6.45) is 3.79. The number of fused-ring (bicyclic) bond motifs is 2. The maximum Gasteiger partial charge on any atom is 0.243 e. The average molecular weight is 496 g/mol. The molecule has 0 aliphatic carbocycles. The van der Waals surface area contributed by atoms with Crippen LogP contribution in [0.3, 0.4) is 0 Å². The highest BCUT2D eigenvalue weighted by Gasteiger charge is 2.29. The zero-order valence-corrected chi connectivity index (χ0v) is 21.2. The zero-order valence-electron chi connectivity index (χ0n) is 19.5. The number of carbonyl (C=O) groups is 1. The molecule has 6 nitrogen and oxygen atoms in total. The van der Waals surface area contributed by atoms with Crippen LogP contribution in [-0.4, -0.2) is 48.5 Å². The van der Waals surface area contributed by atoms with E-state index in [9.17, 15) is 13.2 Å². The Morgan fingerprint density at radius 2 is 1.79 bits per heavy atom. The van der Waals surface area contributed by atoms with E-state index in [1.165, 1.54) is 17.3 Å². The molecule has 2 aromatic carbocycles. The molecule has 1 atom stereocenters. The van der Waals surface area contributed by atoms with Crippen LogP contribution < -0.4 is 4.90 Å². The van der Waals surface area contributed by atoms with Gasteiger partial charge in [0.05, 0.1) is 20.7 Å². The van der Waals surface area contributed by atoms with Gasteiger partial charge in [0.1, 0.15) is 0 Å². The van der Waals surface area contributed by atoms with Crippen molar-refractivity contribution >= 4 is 44.3 Å². The first-order valence-corrected chi connectivity index (χ1v) is 14.1. The van der Waals surface area contributed by atoms with Crippen LogP contribution in [0.25, 0.3) is 10.9 Å². The topological polar surface area (TPSA) is 70.6 Å². The van der Waals surface area contributed by atoms with E-state index in [0.29, 0.717) is 24.5 Å². The van der Waals surface area contributed by atoms with Crippen molar-refractivity contribution in [3.05, 3.63) is 59.7 Å². The molecule has 0 N–H and O–H groups in total. The molecule has 1 amide bonds. The number of sulfonamides is 1. The number of aromatic nitrogens is 1. The van der Waals surface area contributed by atoms with Crippen molar-refractivity contribution in [3.8, 4) is 0 Å². The van der Waals surface area contributed by atoms with Crippen LogP contribution in [0.15, 0.2) is 58.5 Å². The number of amides is 1. The Hall–Kier alpha value is -2.42. The predicted octanol–water partition coefficient (Wildman–Crippen LogP) is 4.79. The monoisotopic (exact) mass is 495 g/mol. The molecule has 3 aromatic rings. The minimum Gasteiger partial charge on any atom is -0.311 e. The minimum absolute atomic E-state index is 0.0810. The number of pyridine rings is 1. The maximum atomic E-state index is 13.2. The van der Waals surface area contributed by atoms with Gasteiger partial charge in [-0.05, 0) is 74.6 Å². The standard InChI is InChI=1S/C26H29N3O3S2/c1-18-16-25(33-19(2)26(30)29-15-12-20-8-4-5-9-24(20)29)27-23-11-10-21(17-22(18)23)34(31,32)28-13-6-3-7-14-28/h4-5,8-11,16-17,19H,3,6-7,12-15H2,1-2H3. The van der Waals surface area contributed by atoms with Gasteiger partial charge in [-0.25, -0.2) is 13.4 Å². The van der Waals surface area contributed by atoms with Gasteiger partial charge in [-0.1, -0.05) is 36.4 Å². The molecular formula is C26H29N3O3S2. The van der Waals surface area contributed by atoms with E-state index in [4.69, 9.17) is 4.98 Å². The fraction of sp³-hybridized carbons (Fsp3) is 0.385. The molecule has 5 rings (SSSR count). The summed E-state index contributed by atoms with van der Waals surface area (Å²) in [6, 6.07) is 15.2. The Bertz CT molecular complexity index is 1350. The Morgan fingerprint density at radius 3 is 2.59 bits per heavy atom. The zero-order chi connectivity index (χ0) is 23.9. The molecule has 34 heavy (non-hydrogen) atoms. The van der Waals surface area contributed by atoms with Gasteiger partial charge in [0.15, 0.2) is 0 Å². The second kappa shape index (κ2) is 9.32. The SMILES string of the molecule is Cc1cc(SC(C)C(=O)N2CCc3ccccc32)nc2ccc(S(=O)(=O)N3CCCCC3)cc12. The Labute approximate surface area is 205 Å². The Morgan fingerprint density at radius 1 is 1.03 bits per heavy atom. The van der Waals surface area contributed by atoms with E-state index >= 15 is 0 Å². The lowest BCUT2D eigenvalue weighted by molar-refractivity contribution is -0.117. The van der Waals surface area contributed by atoms with Crippen molar-refractivity contribution in [1.29, 1.82) is 0 Å². The van der Waals surface area contributed by atoms with E-state index in [2.05, 4.69) is 6.07 Å². The number of aryl methyl sites for hydroxylation is 1. The van der Waals surface area contributed by atoms with E-state index in [-0.39, 0.29) is 11.2 Å². The first kappa shape index (κ1) is 23.3. The molecule has 0 bridgehead atoms. The minimum atomic E-state index is -3.49. The van der Waals surface area contributed by atoms with Crippen molar-refractivity contribution < 1.29 is 13.2 Å². The van der Waals surface area contributed by atoms with Crippen LogP contribution in [0.1, 0.15) is 37.3 Å². The number of anilines is 1. The van der Waals surface area contributed by atoms with Crippen LogP contribution in [0.4, 0.5) is 5.69 Å². The van der Waals surface area contributed by atoms with Gasteiger partial charge in [-0.3, -0.25) is 4.79 Å². The molecule has 2 aliphatic heterocycles. The van der Waals surface area contributed by atoms with Gasteiger partial charge in [-0.2, -0.15) is 4.31 Å². The van der Waals surface area contributed by atoms with E-state index in [1.807, 2.05) is 43.0 Å². The van der Waals surface area contributed by atoms with Crippen molar-refractivity contribution in [3.63, 3.8) is 0 Å². The molecule has 0 spiro atoms. The molecule has 0 saturated carbocycles. The van der Waals surface area contributed by atoms with Gasteiger partial charge in [-0.15, -0.1) is 0 Å². The molecule has 1 fully saturated rings. The van der Waals surface area contributed by atoms with Gasteiger partial charge in [0.25, 0.3) is 0 Å². The quantitative estimate of drug-likeness (QED) is 0.476. The lowest BCUT2D eigenvalue weighted by Gasteiger charge is -2.26. The number of para-hydroxylation sites is 1. The first-order valence-electron chi connectivity index (χ1n) is 11.8. The summed E-state index contributed by atoms with van der Waals surface area (Å²) in [6.45, 7) is 5.76. The smallest absolute Gasteiger partial charge is 0.243 e.